The number of carbonyl (C=O) groups is 1. The SMILES string of the molecule is O=C(Cc1ccc(F)cc1)NC(=S)Nc1ccc(Oc2ccnc3cc(-c4ccc(CNC5CC5)cc4)sc23)c(F)c1. The molecule has 42 heavy (non-hydrogen) atoms. The Bertz CT molecular complexity index is 1750. The number of fused-ring (bicyclic) bond motifs is 1. The zero-order valence-corrected chi connectivity index (χ0v) is 24.0. The lowest BCUT2D eigenvalue weighted by atomic mass is 10.1. The van der Waals surface area contributed by atoms with E-state index in [1.807, 2.05) is 6.07 Å². The molecule has 3 N–H and O–H groups in total. The molecule has 1 aliphatic carbocycles. The maximum Gasteiger partial charge on any atom is 0.230 e. The molecule has 5 aromatic rings. The predicted octanol–water partition coefficient (Wildman–Crippen LogP) is 7.34. The molecule has 212 valence electrons. The Balaban J connectivity index is 1.10. The number of hydrogen-bond donors (Lipinski definition) is 3. The largest absolute Gasteiger partial charge is 0.453 e. The molecule has 1 aliphatic rings. The van der Waals surface area contributed by atoms with Crippen molar-refractivity contribution in [2.75, 3.05) is 5.32 Å². The van der Waals surface area contributed by atoms with Gasteiger partial charge < -0.3 is 20.7 Å². The van der Waals surface area contributed by atoms with Gasteiger partial charge in [0.2, 0.25) is 5.91 Å². The summed E-state index contributed by atoms with van der Waals surface area (Å²) in [5.41, 5.74) is 4.09. The number of benzene rings is 3. The fourth-order valence-electron chi connectivity index (χ4n) is 4.37. The van der Waals surface area contributed by atoms with Gasteiger partial charge in [0.25, 0.3) is 0 Å². The smallest absolute Gasteiger partial charge is 0.230 e. The van der Waals surface area contributed by atoms with Crippen LogP contribution in [0.25, 0.3) is 20.7 Å². The minimum absolute atomic E-state index is 0.0179. The number of rotatable bonds is 9. The summed E-state index contributed by atoms with van der Waals surface area (Å²) in [6, 6.07) is 22.8. The van der Waals surface area contributed by atoms with Gasteiger partial charge in [0.1, 0.15) is 11.6 Å². The van der Waals surface area contributed by atoms with Gasteiger partial charge in [-0.1, -0.05) is 36.4 Å². The van der Waals surface area contributed by atoms with E-state index in [0.29, 0.717) is 23.0 Å². The van der Waals surface area contributed by atoms with Crippen LogP contribution in [0.4, 0.5) is 14.5 Å². The number of thiocarbonyl (C=S) groups is 1. The first-order chi connectivity index (χ1) is 20.4. The lowest BCUT2D eigenvalue weighted by Crippen LogP contribution is -2.35. The fraction of sp³-hybridized carbons (Fsp3) is 0.156. The Labute approximate surface area is 250 Å². The van der Waals surface area contributed by atoms with E-state index in [9.17, 15) is 9.18 Å². The van der Waals surface area contributed by atoms with E-state index < -0.39 is 5.82 Å². The van der Waals surface area contributed by atoms with Crippen LogP contribution in [-0.2, 0) is 17.8 Å². The van der Waals surface area contributed by atoms with Gasteiger partial charge in [0.15, 0.2) is 16.7 Å². The third-order valence-corrected chi connectivity index (χ3v) is 8.12. The van der Waals surface area contributed by atoms with Crippen LogP contribution in [0.3, 0.4) is 0 Å². The second-order valence-corrected chi connectivity index (χ2v) is 11.5. The maximum absolute atomic E-state index is 15.0. The molecular weight excluding hydrogens is 575 g/mol. The van der Waals surface area contributed by atoms with Crippen LogP contribution in [-0.4, -0.2) is 22.0 Å². The molecule has 0 radical (unpaired) electrons. The van der Waals surface area contributed by atoms with E-state index in [2.05, 4.69) is 45.2 Å². The molecule has 1 fully saturated rings. The van der Waals surface area contributed by atoms with E-state index in [1.54, 1.807) is 29.7 Å². The summed E-state index contributed by atoms with van der Waals surface area (Å²) in [5.74, 6) is -0.806. The van der Waals surface area contributed by atoms with Crippen molar-refractivity contribution in [1.82, 2.24) is 15.6 Å². The summed E-state index contributed by atoms with van der Waals surface area (Å²) in [6.07, 6.45) is 4.19. The minimum atomic E-state index is -0.599. The third-order valence-electron chi connectivity index (χ3n) is 6.73. The van der Waals surface area contributed by atoms with Crippen LogP contribution in [0.1, 0.15) is 24.0 Å². The number of hydrogen-bond acceptors (Lipinski definition) is 6. The molecule has 1 saturated carbocycles. The zero-order chi connectivity index (χ0) is 29.1. The summed E-state index contributed by atoms with van der Waals surface area (Å²) in [7, 11) is 0. The minimum Gasteiger partial charge on any atom is -0.453 e. The van der Waals surface area contributed by atoms with Gasteiger partial charge in [0, 0.05) is 41.5 Å². The molecule has 0 atom stereocenters. The summed E-state index contributed by atoms with van der Waals surface area (Å²) in [6.45, 7) is 0.870. The number of halogens is 2. The second-order valence-electron chi connectivity index (χ2n) is 10.0. The molecule has 2 heterocycles. The van der Waals surface area contributed by atoms with Crippen molar-refractivity contribution >= 4 is 50.5 Å². The number of nitrogens with zero attached hydrogens (tertiary/aromatic N) is 1. The number of nitrogens with one attached hydrogen (secondary N) is 3. The maximum atomic E-state index is 15.0. The lowest BCUT2D eigenvalue weighted by Gasteiger charge is -2.12. The second kappa shape index (κ2) is 12.3. The highest BCUT2D eigenvalue weighted by molar-refractivity contribution is 7.80. The van der Waals surface area contributed by atoms with Crippen LogP contribution in [0.2, 0.25) is 0 Å². The van der Waals surface area contributed by atoms with Gasteiger partial charge in [-0.3, -0.25) is 9.78 Å². The van der Waals surface area contributed by atoms with Crippen molar-refractivity contribution < 1.29 is 18.3 Å². The molecule has 6 rings (SSSR count). The molecule has 0 unspecified atom stereocenters. The summed E-state index contributed by atoms with van der Waals surface area (Å²) >= 11 is 6.73. The molecule has 2 aromatic heterocycles. The molecule has 0 bridgehead atoms. The fourth-order valence-corrected chi connectivity index (χ4v) is 5.68. The average molecular weight is 601 g/mol. The van der Waals surface area contributed by atoms with E-state index in [4.69, 9.17) is 17.0 Å². The number of amides is 1. The van der Waals surface area contributed by atoms with Crippen LogP contribution in [0.15, 0.2) is 85.1 Å². The van der Waals surface area contributed by atoms with Gasteiger partial charge in [0.05, 0.1) is 16.6 Å². The Morgan fingerprint density at radius 2 is 1.71 bits per heavy atom. The van der Waals surface area contributed by atoms with Crippen molar-refractivity contribution in [3.8, 4) is 21.9 Å². The first-order valence-electron chi connectivity index (χ1n) is 13.4. The third kappa shape index (κ3) is 6.96. The molecular formula is C32H26F2N4O2S2. The van der Waals surface area contributed by atoms with Crippen molar-refractivity contribution in [1.29, 1.82) is 0 Å². The van der Waals surface area contributed by atoms with Crippen molar-refractivity contribution in [3.05, 3.63) is 108 Å². The highest BCUT2D eigenvalue weighted by Crippen LogP contribution is 2.39. The number of thiophene rings is 1. The number of pyridine rings is 1. The van der Waals surface area contributed by atoms with Gasteiger partial charge >= 0.3 is 0 Å². The lowest BCUT2D eigenvalue weighted by molar-refractivity contribution is -0.119. The predicted molar refractivity (Wildman–Crippen MR) is 166 cm³/mol. The summed E-state index contributed by atoms with van der Waals surface area (Å²) in [5, 5.41) is 8.89. The van der Waals surface area contributed by atoms with E-state index in [-0.39, 0.29) is 29.0 Å². The molecule has 1 amide bonds. The molecule has 10 heteroatoms. The van der Waals surface area contributed by atoms with E-state index in [1.165, 1.54) is 54.8 Å². The molecule has 3 aromatic carbocycles. The summed E-state index contributed by atoms with van der Waals surface area (Å²) in [4.78, 5) is 17.8. The van der Waals surface area contributed by atoms with Crippen LogP contribution < -0.4 is 20.7 Å². The van der Waals surface area contributed by atoms with E-state index in [0.717, 1.165) is 27.2 Å². The monoisotopic (exact) mass is 600 g/mol. The number of carbonyl (C=O) groups excluding carboxylic acids is 1. The van der Waals surface area contributed by atoms with E-state index >= 15 is 4.39 Å². The van der Waals surface area contributed by atoms with Crippen molar-refractivity contribution in [3.63, 3.8) is 0 Å². The highest BCUT2D eigenvalue weighted by Gasteiger charge is 2.20. The van der Waals surface area contributed by atoms with Crippen molar-refractivity contribution in [2.45, 2.75) is 31.8 Å². The van der Waals surface area contributed by atoms with Crippen molar-refractivity contribution in [2.24, 2.45) is 0 Å². The van der Waals surface area contributed by atoms with Crippen LogP contribution >= 0.6 is 23.6 Å². The van der Waals surface area contributed by atoms with Crippen LogP contribution in [0.5, 0.6) is 11.5 Å². The average Bonchev–Trinajstić information content (AvgIpc) is 3.70. The Hall–Kier alpha value is -4.25. The number of aromatic nitrogens is 1. The quantitative estimate of drug-likeness (QED) is 0.154. The molecule has 0 saturated heterocycles. The number of ether oxygens (including phenoxy) is 1. The zero-order valence-electron chi connectivity index (χ0n) is 22.3. The van der Waals surface area contributed by atoms with Gasteiger partial charge in [-0.2, -0.15) is 0 Å². The first kappa shape index (κ1) is 27.9. The first-order valence-corrected chi connectivity index (χ1v) is 14.7. The molecule has 6 nitrogen and oxygen atoms in total. The Morgan fingerprint density at radius 3 is 2.45 bits per heavy atom. The Morgan fingerprint density at radius 1 is 0.952 bits per heavy atom. The molecule has 0 spiro atoms. The summed E-state index contributed by atoms with van der Waals surface area (Å²) < 4.78 is 34.9. The van der Waals surface area contributed by atoms with Gasteiger partial charge in [-0.05, 0) is 72.1 Å². The Kier molecular flexibility index (Phi) is 8.18. The highest BCUT2D eigenvalue weighted by atomic mass is 32.1. The normalized spacial score (nSPS) is 12.7. The number of anilines is 1. The van der Waals surface area contributed by atoms with Crippen LogP contribution in [0, 0.1) is 11.6 Å². The van der Waals surface area contributed by atoms with Gasteiger partial charge in [-0.15, -0.1) is 11.3 Å². The molecule has 0 aliphatic heterocycles. The van der Waals surface area contributed by atoms with Gasteiger partial charge in [-0.25, -0.2) is 8.78 Å². The standard InChI is InChI=1S/C32H26F2N4O2S2/c33-22-7-3-19(4-8-22)15-30(39)38-32(41)37-24-11-12-27(25(34)16-24)40-28-13-14-35-26-17-29(42-31(26)28)21-5-1-20(2-6-21)18-36-23-9-10-23/h1-8,11-14,16-17,23,36H,9-10,15,18H2,(H2,37,38,39,41). The topological polar surface area (TPSA) is 75.3 Å².